The van der Waals surface area contributed by atoms with Crippen molar-refractivity contribution in [2.75, 3.05) is 0 Å². The van der Waals surface area contributed by atoms with Crippen LogP contribution in [0.3, 0.4) is 0 Å². The number of rotatable bonds is 3. The zero-order chi connectivity index (χ0) is 13.2. The summed E-state index contributed by atoms with van der Waals surface area (Å²) >= 11 is 1.73. The molecule has 3 heteroatoms. The highest BCUT2D eigenvalue weighted by Crippen LogP contribution is 2.29. The molecule has 1 aromatic carbocycles. The van der Waals surface area contributed by atoms with E-state index in [1.54, 1.807) is 11.3 Å². The number of thiophene rings is 1. The number of hydrogen-bond acceptors (Lipinski definition) is 3. The summed E-state index contributed by atoms with van der Waals surface area (Å²) in [4.78, 5) is 5.74. The minimum atomic E-state index is -0.0768. The topological polar surface area (TPSA) is 38.9 Å². The zero-order valence-corrected chi connectivity index (χ0v) is 11.7. The SMILES string of the molecule is CCc1ccsc1C(N)c1cnc2ccccc2c1. The maximum absolute atomic E-state index is 6.40. The van der Waals surface area contributed by atoms with Crippen LogP contribution in [0.25, 0.3) is 10.9 Å². The van der Waals surface area contributed by atoms with E-state index in [-0.39, 0.29) is 6.04 Å². The largest absolute Gasteiger partial charge is 0.320 e. The summed E-state index contributed by atoms with van der Waals surface area (Å²) in [7, 11) is 0. The molecule has 3 aromatic rings. The Bertz CT molecular complexity index is 703. The van der Waals surface area contributed by atoms with Crippen LogP contribution >= 0.6 is 11.3 Å². The van der Waals surface area contributed by atoms with Gasteiger partial charge in [0.05, 0.1) is 11.6 Å². The van der Waals surface area contributed by atoms with Gasteiger partial charge in [-0.3, -0.25) is 4.98 Å². The first-order valence-corrected chi connectivity index (χ1v) is 7.34. The lowest BCUT2D eigenvalue weighted by Crippen LogP contribution is -2.12. The van der Waals surface area contributed by atoms with Crippen molar-refractivity contribution in [3.8, 4) is 0 Å². The second kappa shape index (κ2) is 5.11. The predicted octanol–water partition coefficient (Wildman–Crippen LogP) is 3.91. The van der Waals surface area contributed by atoms with E-state index in [4.69, 9.17) is 5.73 Å². The van der Waals surface area contributed by atoms with Crippen LogP contribution in [-0.4, -0.2) is 4.98 Å². The third-order valence-corrected chi connectivity index (χ3v) is 4.46. The molecule has 0 fully saturated rings. The lowest BCUT2D eigenvalue weighted by molar-refractivity contribution is 0.870. The first-order chi connectivity index (χ1) is 9.29. The molecule has 0 aliphatic rings. The van der Waals surface area contributed by atoms with Gasteiger partial charge in [-0.15, -0.1) is 11.3 Å². The maximum Gasteiger partial charge on any atom is 0.0702 e. The van der Waals surface area contributed by atoms with Crippen LogP contribution < -0.4 is 5.73 Å². The Morgan fingerprint density at radius 2 is 2.11 bits per heavy atom. The number of benzene rings is 1. The molecule has 0 radical (unpaired) electrons. The number of nitrogens with two attached hydrogens (primary N) is 1. The van der Waals surface area contributed by atoms with E-state index in [9.17, 15) is 0 Å². The van der Waals surface area contributed by atoms with Crippen LogP contribution in [0.15, 0.2) is 48.0 Å². The van der Waals surface area contributed by atoms with Gasteiger partial charge in [0.1, 0.15) is 0 Å². The lowest BCUT2D eigenvalue weighted by atomic mass is 10.0. The molecule has 0 aliphatic carbocycles. The molecule has 0 saturated heterocycles. The van der Waals surface area contributed by atoms with E-state index in [0.717, 1.165) is 22.9 Å². The minimum absolute atomic E-state index is 0.0768. The molecule has 2 aromatic heterocycles. The van der Waals surface area contributed by atoms with E-state index in [0.29, 0.717) is 0 Å². The maximum atomic E-state index is 6.40. The molecular weight excluding hydrogens is 252 g/mol. The van der Waals surface area contributed by atoms with Crippen LogP contribution in [0.1, 0.15) is 29.0 Å². The molecule has 1 unspecified atom stereocenters. The summed E-state index contributed by atoms with van der Waals surface area (Å²) in [5, 5.41) is 3.26. The Morgan fingerprint density at radius 3 is 2.95 bits per heavy atom. The minimum Gasteiger partial charge on any atom is -0.320 e. The number of pyridine rings is 1. The highest BCUT2D eigenvalue weighted by Gasteiger charge is 2.14. The van der Waals surface area contributed by atoms with Crippen molar-refractivity contribution in [2.45, 2.75) is 19.4 Å². The van der Waals surface area contributed by atoms with Crippen LogP contribution in [0.4, 0.5) is 0 Å². The van der Waals surface area contributed by atoms with Gasteiger partial charge in [0, 0.05) is 16.5 Å². The number of aryl methyl sites for hydroxylation is 1. The Labute approximate surface area is 116 Å². The molecule has 3 rings (SSSR count). The van der Waals surface area contributed by atoms with Crippen LogP contribution in [0.5, 0.6) is 0 Å². The molecule has 0 aliphatic heterocycles. The molecule has 0 bridgehead atoms. The fourth-order valence-electron chi connectivity index (χ4n) is 2.32. The Hall–Kier alpha value is -1.71. The standard InChI is InChI=1S/C16H16N2S/c1-2-11-7-8-19-16(11)15(17)13-9-12-5-3-4-6-14(12)18-10-13/h3-10,15H,2,17H2,1H3. The fourth-order valence-corrected chi connectivity index (χ4v) is 3.35. The van der Waals surface area contributed by atoms with Crippen molar-refractivity contribution < 1.29 is 0 Å². The molecule has 2 nitrogen and oxygen atoms in total. The summed E-state index contributed by atoms with van der Waals surface area (Å²) in [5.74, 6) is 0. The molecule has 0 amide bonds. The van der Waals surface area contributed by atoms with Gasteiger partial charge in [0.15, 0.2) is 0 Å². The highest BCUT2D eigenvalue weighted by atomic mass is 32.1. The highest BCUT2D eigenvalue weighted by molar-refractivity contribution is 7.10. The van der Waals surface area contributed by atoms with Crippen molar-refractivity contribution in [3.05, 3.63) is 64.0 Å². The van der Waals surface area contributed by atoms with Gasteiger partial charge >= 0.3 is 0 Å². The van der Waals surface area contributed by atoms with Crippen molar-refractivity contribution in [1.29, 1.82) is 0 Å². The van der Waals surface area contributed by atoms with Gasteiger partial charge in [-0.1, -0.05) is 25.1 Å². The second-order valence-electron chi connectivity index (χ2n) is 4.60. The quantitative estimate of drug-likeness (QED) is 0.782. The average Bonchev–Trinajstić information content (AvgIpc) is 2.94. The molecular formula is C16H16N2S. The predicted molar refractivity (Wildman–Crippen MR) is 81.5 cm³/mol. The smallest absolute Gasteiger partial charge is 0.0702 e. The van der Waals surface area contributed by atoms with E-state index < -0.39 is 0 Å². The number of hydrogen-bond donors (Lipinski definition) is 1. The number of fused-ring (bicyclic) bond motifs is 1. The molecule has 0 spiro atoms. The Morgan fingerprint density at radius 1 is 1.26 bits per heavy atom. The summed E-state index contributed by atoms with van der Waals surface area (Å²) < 4.78 is 0. The summed E-state index contributed by atoms with van der Waals surface area (Å²) in [6.07, 6.45) is 2.92. The molecule has 2 N–H and O–H groups in total. The van der Waals surface area contributed by atoms with Crippen LogP contribution in [0, 0.1) is 0 Å². The lowest BCUT2D eigenvalue weighted by Gasteiger charge is -2.12. The third-order valence-electron chi connectivity index (χ3n) is 3.41. The van der Waals surface area contributed by atoms with E-state index in [1.807, 2.05) is 24.4 Å². The summed E-state index contributed by atoms with van der Waals surface area (Å²) in [6.45, 7) is 2.16. The van der Waals surface area contributed by atoms with Gasteiger partial charge in [0.25, 0.3) is 0 Å². The second-order valence-corrected chi connectivity index (χ2v) is 5.55. The number of nitrogens with zero attached hydrogens (tertiary/aromatic N) is 1. The Kier molecular flexibility index (Phi) is 3.32. The molecule has 1 atom stereocenters. The van der Waals surface area contributed by atoms with Crippen LogP contribution in [0.2, 0.25) is 0 Å². The van der Waals surface area contributed by atoms with E-state index >= 15 is 0 Å². The third kappa shape index (κ3) is 2.27. The van der Waals surface area contributed by atoms with E-state index in [1.165, 1.54) is 10.4 Å². The number of aromatic nitrogens is 1. The zero-order valence-electron chi connectivity index (χ0n) is 10.8. The van der Waals surface area contributed by atoms with Crippen LogP contribution in [-0.2, 0) is 6.42 Å². The molecule has 0 saturated carbocycles. The van der Waals surface area contributed by atoms with Crippen molar-refractivity contribution in [1.82, 2.24) is 4.98 Å². The first kappa shape index (κ1) is 12.3. The van der Waals surface area contributed by atoms with Gasteiger partial charge < -0.3 is 5.73 Å². The van der Waals surface area contributed by atoms with Gasteiger partial charge in [-0.05, 0) is 41.1 Å². The molecule has 96 valence electrons. The molecule has 2 heterocycles. The Balaban J connectivity index is 2.04. The summed E-state index contributed by atoms with van der Waals surface area (Å²) in [6, 6.07) is 12.4. The monoisotopic (exact) mass is 268 g/mol. The summed E-state index contributed by atoms with van der Waals surface area (Å²) in [5.41, 5.74) is 9.83. The first-order valence-electron chi connectivity index (χ1n) is 6.46. The molecule has 19 heavy (non-hydrogen) atoms. The van der Waals surface area contributed by atoms with Crippen molar-refractivity contribution in [3.63, 3.8) is 0 Å². The van der Waals surface area contributed by atoms with Gasteiger partial charge in [-0.25, -0.2) is 0 Å². The van der Waals surface area contributed by atoms with Crippen molar-refractivity contribution in [2.24, 2.45) is 5.73 Å². The van der Waals surface area contributed by atoms with Crippen molar-refractivity contribution >= 4 is 22.2 Å². The van der Waals surface area contributed by atoms with Gasteiger partial charge in [-0.2, -0.15) is 0 Å². The van der Waals surface area contributed by atoms with Gasteiger partial charge in [0.2, 0.25) is 0 Å². The fraction of sp³-hybridized carbons (Fsp3) is 0.188. The van der Waals surface area contributed by atoms with E-state index in [2.05, 4.69) is 35.5 Å². The normalized spacial score (nSPS) is 12.7. The number of para-hydroxylation sites is 1. The average molecular weight is 268 g/mol.